The van der Waals surface area contributed by atoms with E-state index in [2.05, 4.69) is 15.4 Å². The Balaban J connectivity index is 2.39. The number of carbonyl (C=O) groups excluding carboxylic acids is 1. The van der Waals surface area contributed by atoms with Crippen molar-refractivity contribution in [2.45, 2.75) is 11.8 Å². The van der Waals surface area contributed by atoms with Crippen molar-refractivity contribution in [1.29, 1.82) is 0 Å². The zero-order valence-electron chi connectivity index (χ0n) is 11.3. The molecule has 1 aromatic heterocycles. The van der Waals surface area contributed by atoms with Crippen LogP contribution in [0.2, 0.25) is 0 Å². The van der Waals surface area contributed by atoms with E-state index in [0.717, 1.165) is 6.26 Å². The highest BCUT2D eigenvalue weighted by Gasteiger charge is 2.18. The molecule has 0 unspecified atom stereocenters. The first-order chi connectivity index (χ1) is 9.30. The maximum atomic E-state index is 12.2. The Morgan fingerprint density at radius 2 is 2.05 bits per heavy atom. The predicted molar refractivity (Wildman–Crippen MR) is 73.2 cm³/mol. The molecule has 0 atom stereocenters. The summed E-state index contributed by atoms with van der Waals surface area (Å²) in [6.45, 7) is 1.60. The van der Waals surface area contributed by atoms with Gasteiger partial charge in [0.15, 0.2) is 9.84 Å². The Hall–Kier alpha value is -2.22. The summed E-state index contributed by atoms with van der Waals surface area (Å²) in [7, 11) is -1.73. The molecule has 2 rings (SSSR count). The van der Waals surface area contributed by atoms with Crippen molar-refractivity contribution in [2.75, 3.05) is 11.6 Å². The van der Waals surface area contributed by atoms with Crippen LogP contribution in [0.4, 0.5) is 5.95 Å². The summed E-state index contributed by atoms with van der Waals surface area (Å²) >= 11 is 0. The average molecular weight is 294 g/mol. The molecular weight excluding hydrogens is 280 g/mol. The Bertz CT molecular complexity index is 765. The van der Waals surface area contributed by atoms with Gasteiger partial charge >= 0.3 is 0 Å². The van der Waals surface area contributed by atoms with E-state index in [-0.39, 0.29) is 10.5 Å². The third-order valence-corrected chi connectivity index (χ3v) is 4.11. The third kappa shape index (κ3) is 2.69. The molecule has 1 heterocycles. The number of rotatable bonds is 3. The molecule has 106 valence electrons. The highest BCUT2D eigenvalue weighted by Crippen LogP contribution is 2.19. The highest BCUT2D eigenvalue weighted by atomic mass is 32.2. The van der Waals surface area contributed by atoms with E-state index in [0.29, 0.717) is 11.5 Å². The van der Waals surface area contributed by atoms with E-state index < -0.39 is 15.7 Å². The molecule has 0 aliphatic carbocycles. The van der Waals surface area contributed by atoms with Gasteiger partial charge in [-0.05, 0) is 24.6 Å². The van der Waals surface area contributed by atoms with E-state index in [1.54, 1.807) is 20.0 Å². The molecule has 1 N–H and O–H groups in total. The number of aromatic nitrogens is 3. The Labute approximate surface area is 116 Å². The zero-order chi connectivity index (χ0) is 14.9. The van der Waals surface area contributed by atoms with Gasteiger partial charge in [-0.2, -0.15) is 10.1 Å². The fraction of sp³-hybridized carbons (Fsp3) is 0.250. The number of nitrogens with zero attached hydrogens (tertiary/aromatic N) is 3. The molecule has 2 aromatic rings. The molecule has 1 amide bonds. The second kappa shape index (κ2) is 5.04. The average Bonchev–Trinajstić information content (AvgIpc) is 2.73. The molecule has 20 heavy (non-hydrogen) atoms. The van der Waals surface area contributed by atoms with Gasteiger partial charge in [0.1, 0.15) is 6.33 Å². The zero-order valence-corrected chi connectivity index (χ0v) is 12.1. The van der Waals surface area contributed by atoms with E-state index in [1.807, 2.05) is 0 Å². The van der Waals surface area contributed by atoms with Crippen molar-refractivity contribution in [3.63, 3.8) is 0 Å². The lowest BCUT2D eigenvalue weighted by Gasteiger charge is -2.10. The Morgan fingerprint density at radius 1 is 1.35 bits per heavy atom. The number of amides is 1. The van der Waals surface area contributed by atoms with Gasteiger partial charge in [-0.1, -0.05) is 6.07 Å². The highest BCUT2D eigenvalue weighted by molar-refractivity contribution is 7.90. The monoisotopic (exact) mass is 294 g/mol. The third-order valence-electron chi connectivity index (χ3n) is 2.86. The van der Waals surface area contributed by atoms with Gasteiger partial charge in [0, 0.05) is 18.9 Å². The van der Waals surface area contributed by atoms with Gasteiger partial charge in [0.05, 0.1) is 4.90 Å². The largest absolute Gasteiger partial charge is 0.291 e. The number of aryl methyl sites for hydroxylation is 1. The van der Waals surface area contributed by atoms with E-state index >= 15 is 0 Å². The first-order valence-electron chi connectivity index (χ1n) is 5.75. The van der Waals surface area contributed by atoms with Crippen molar-refractivity contribution < 1.29 is 13.2 Å². The molecule has 1 aromatic carbocycles. The van der Waals surface area contributed by atoms with Crippen LogP contribution in [-0.2, 0) is 16.9 Å². The molecule has 0 spiro atoms. The summed E-state index contributed by atoms with van der Waals surface area (Å²) in [5.41, 5.74) is 0.700. The Morgan fingerprint density at radius 3 is 2.60 bits per heavy atom. The van der Waals surface area contributed by atoms with Gasteiger partial charge in [0.25, 0.3) is 5.91 Å². The summed E-state index contributed by atoms with van der Waals surface area (Å²) in [6.07, 6.45) is 2.43. The maximum absolute atomic E-state index is 12.2. The fourth-order valence-corrected chi connectivity index (χ4v) is 2.83. The number of carbonyl (C=O) groups is 1. The SMILES string of the molecule is Cc1c(C(=O)Nc2ncnn2C)cccc1S(C)(=O)=O. The minimum absolute atomic E-state index is 0.142. The maximum Gasteiger partial charge on any atom is 0.258 e. The summed E-state index contributed by atoms with van der Waals surface area (Å²) in [6, 6.07) is 4.58. The topological polar surface area (TPSA) is 93.9 Å². The van der Waals surface area contributed by atoms with Crippen LogP contribution in [0.1, 0.15) is 15.9 Å². The van der Waals surface area contributed by atoms with Crippen LogP contribution in [0.5, 0.6) is 0 Å². The van der Waals surface area contributed by atoms with E-state index in [1.165, 1.54) is 23.1 Å². The van der Waals surface area contributed by atoms with Gasteiger partial charge < -0.3 is 0 Å². The Kier molecular flexibility index (Phi) is 3.58. The number of anilines is 1. The molecule has 0 saturated heterocycles. The summed E-state index contributed by atoms with van der Waals surface area (Å²) in [5, 5.41) is 6.42. The quantitative estimate of drug-likeness (QED) is 0.902. The lowest BCUT2D eigenvalue weighted by atomic mass is 10.1. The van der Waals surface area contributed by atoms with Crippen LogP contribution in [0.25, 0.3) is 0 Å². The van der Waals surface area contributed by atoms with Crippen LogP contribution in [-0.4, -0.2) is 35.3 Å². The van der Waals surface area contributed by atoms with Gasteiger partial charge in [-0.25, -0.2) is 13.1 Å². The van der Waals surface area contributed by atoms with E-state index in [9.17, 15) is 13.2 Å². The van der Waals surface area contributed by atoms with Crippen molar-refractivity contribution >= 4 is 21.7 Å². The fourth-order valence-electron chi connectivity index (χ4n) is 1.84. The number of benzene rings is 1. The number of nitrogens with one attached hydrogen (secondary N) is 1. The normalized spacial score (nSPS) is 11.3. The molecule has 8 heteroatoms. The standard InChI is InChI=1S/C12H14N4O3S/c1-8-9(5-4-6-10(8)20(3,18)19)11(17)15-12-13-7-14-16(12)2/h4-7H,1-3H3,(H,13,14,15,17). The summed E-state index contributed by atoms with van der Waals surface area (Å²) in [4.78, 5) is 16.2. The minimum Gasteiger partial charge on any atom is -0.291 e. The lowest BCUT2D eigenvalue weighted by molar-refractivity contribution is 0.102. The molecule has 0 aliphatic rings. The van der Waals surface area contributed by atoms with Gasteiger partial charge in [-0.15, -0.1) is 0 Å². The molecule has 0 radical (unpaired) electrons. The number of hydrogen-bond donors (Lipinski definition) is 1. The van der Waals surface area contributed by atoms with Crippen molar-refractivity contribution in [2.24, 2.45) is 7.05 Å². The van der Waals surface area contributed by atoms with Crippen LogP contribution in [0.15, 0.2) is 29.4 Å². The summed E-state index contributed by atoms with van der Waals surface area (Å²) in [5.74, 6) is -0.136. The number of sulfone groups is 1. The smallest absolute Gasteiger partial charge is 0.258 e. The van der Waals surface area contributed by atoms with Crippen LogP contribution >= 0.6 is 0 Å². The predicted octanol–water partition coefficient (Wildman–Crippen LogP) is 0.779. The molecule has 7 nitrogen and oxygen atoms in total. The second-order valence-corrected chi connectivity index (χ2v) is 6.35. The van der Waals surface area contributed by atoms with Gasteiger partial charge in [0.2, 0.25) is 5.95 Å². The molecule has 0 fully saturated rings. The second-order valence-electron chi connectivity index (χ2n) is 4.36. The van der Waals surface area contributed by atoms with Crippen molar-refractivity contribution in [1.82, 2.24) is 14.8 Å². The number of hydrogen-bond acceptors (Lipinski definition) is 5. The van der Waals surface area contributed by atoms with Crippen molar-refractivity contribution in [3.8, 4) is 0 Å². The lowest BCUT2D eigenvalue weighted by Crippen LogP contribution is -2.17. The molecular formula is C12H14N4O3S. The van der Waals surface area contributed by atoms with Crippen LogP contribution in [0.3, 0.4) is 0 Å². The molecule has 0 saturated carbocycles. The molecule has 0 aliphatic heterocycles. The van der Waals surface area contributed by atoms with E-state index in [4.69, 9.17) is 0 Å². The van der Waals surface area contributed by atoms with Crippen molar-refractivity contribution in [3.05, 3.63) is 35.7 Å². The van der Waals surface area contributed by atoms with Crippen LogP contribution < -0.4 is 5.32 Å². The first kappa shape index (κ1) is 14.2. The first-order valence-corrected chi connectivity index (χ1v) is 7.65. The summed E-state index contributed by atoms with van der Waals surface area (Å²) < 4.78 is 24.7. The van der Waals surface area contributed by atoms with Gasteiger partial charge in [-0.3, -0.25) is 10.1 Å². The van der Waals surface area contributed by atoms with Crippen LogP contribution in [0, 0.1) is 6.92 Å². The minimum atomic E-state index is -3.37. The molecule has 0 bridgehead atoms.